The van der Waals surface area contributed by atoms with E-state index in [0.29, 0.717) is 26.2 Å². The second-order valence-corrected chi connectivity index (χ2v) is 6.78. The third kappa shape index (κ3) is 4.78. The Kier molecular flexibility index (Phi) is 6.24. The number of rotatable bonds is 5. The van der Waals surface area contributed by atoms with Crippen LogP contribution in [0.3, 0.4) is 0 Å². The molecule has 6 nitrogen and oxygen atoms in total. The van der Waals surface area contributed by atoms with Crippen molar-refractivity contribution in [1.82, 2.24) is 15.1 Å². The highest BCUT2D eigenvalue weighted by Crippen LogP contribution is 2.30. The van der Waals surface area contributed by atoms with Crippen molar-refractivity contribution in [3.63, 3.8) is 0 Å². The zero-order valence-electron chi connectivity index (χ0n) is 16.5. The Bertz CT molecular complexity index is 829. The number of alkyl halides is 3. The lowest BCUT2D eigenvalue weighted by Crippen LogP contribution is -2.49. The summed E-state index contributed by atoms with van der Waals surface area (Å²) in [7, 11) is 0. The number of hydrogen-bond acceptors (Lipinski definition) is 5. The molecule has 0 atom stereocenters. The van der Waals surface area contributed by atoms with E-state index in [-0.39, 0.29) is 5.56 Å². The lowest BCUT2D eigenvalue weighted by Gasteiger charge is -2.35. The summed E-state index contributed by atoms with van der Waals surface area (Å²) < 4.78 is 38.7. The summed E-state index contributed by atoms with van der Waals surface area (Å²) in [5.41, 5.74) is -0.762. The van der Waals surface area contributed by atoms with Gasteiger partial charge in [-0.2, -0.15) is 13.2 Å². The third-order valence-corrected chi connectivity index (χ3v) is 5.05. The molecule has 29 heavy (non-hydrogen) atoms. The first-order chi connectivity index (χ1) is 13.8. The lowest BCUT2D eigenvalue weighted by atomic mass is 10.1. The fourth-order valence-corrected chi connectivity index (χ4v) is 3.35. The van der Waals surface area contributed by atoms with Crippen molar-refractivity contribution in [3.8, 4) is 0 Å². The van der Waals surface area contributed by atoms with E-state index in [1.54, 1.807) is 4.90 Å². The summed E-state index contributed by atoms with van der Waals surface area (Å²) >= 11 is 0. The van der Waals surface area contributed by atoms with Crippen molar-refractivity contribution in [2.45, 2.75) is 20.0 Å². The lowest BCUT2D eigenvalue weighted by molar-refractivity contribution is -0.137. The topological polar surface area (TPSA) is 52.6 Å². The van der Waals surface area contributed by atoms with E-state index < -0.39 is 17.6 Å². The first-order valence-corrected chi connectivity index (χ1v) is 9.63. The molecule has 0 aliphatic carbocycles. The van der Waals surface area contributed by atoms with E-state index in [9.17, 15) is 18.0 Å². The molecule has 2 aromatic rings. The van der Waals surface area contributed by atoms with Crippen molar-refractivity contribution in [2.24, 2.45) is 0 Å². The molecule has 0 N–H and O–H groups in total. The van der Waals surface area contributed by atoms with Gasteiger partial charge in [-0.1, -0.05) is 6.07 Å². The highest BCUT2D eigenvalue weighted by atomic mass is 19.4. The standard InChI is InChI=1S/C20H24F3N5O/c1-3-26(4-2)17-8-9-18(25-24-17)27-10-12-28(13-11-27)19(29)15-6-5-7-16(14-15)20(21,22)23/h5-9,14H,3-4,10-13H2,1-2H3. The summed E-state index contributed by atoms with van der Waals surface area (Å²) in [4.78, 5) is 18.3. The molecule has 1 fully saturated rings. The molecular formula is C20H24F3N5O. The van der Waals surface area contributed by atoms with Gasteiger partial charge in [-0.3, -0.25) is 4.79 Å². The number of aromatic nitrogens is 2. The molecule has 0 radical (unpaired) electrons. The van der Waals surface area contributed by atoms with Crippen LogP contribution in [0.25, 0.3) is 0 Å². The summed E-state index contributed by atoms with van der Waals surface area (Å²) in [6.45, 7) is 7.72. The maximum absolute atomic E-state index is 12.9. The highest BCUT2D eigenvalue weighted by Gasteiger charge is 2.31. The van der Waals surface area contributed by atoms with Gasteiger partial charge in [-0.25, -0.2) is 0 Å². The van der Waals surface area contributed by atoms with E-state index in [1.165, 1.54) is 12.1 Å². The van der Waals surface area contributed by atoms with Crippen LogP contribution in [-0.2, 0) is 6.18 Å². The van der Waals surface area contributed by atoms with Crippen molar-refractivity contribution >= 4 is 17.5 Å². The second kappa shape index (κ2) is 8.67. The predicted molar refractivity (Wildman–Crippen MR) is 105 cm³/mol. The number of halogens is 3. The maximum atomic E-state index is 12.9. The maximum Gasteiger partial charge on any atom is 0.416 e. The van der Waals surface area contributed by atoms with Gasteiger partial charge in [0.25, 0.3) is 5.91 Å². The van der Waals surface area contributed by atoms with Crippen LogP contribution in [-0.4, -0.2) is 60.3 Å². The summed E-state index contributed by atoms with van der Waals surface area (Å²) in [5.74, 6) is 1.16. The number of anilines is 2. The van der Waals surface area contributed by atoms with Gasteiger partial charge in [0.1, 0.15) is 0 Å². The largest absolute Gasteiger partial charge is 0.416 e. The number of hydrogen-bond donors (Lipinski definition) is 0. The number of carbonyl (C=O) groups excluding carboxylic acids is 1. The third-order valence-electron chi connectivity index (χ3n) is 5.05. The molecule has 1 aliphatic heterocycles. The molecule has 2 heterocycles. The summed E-state index contributed by atoms with van der Waals surface area (Å²) in [6.07, 6.45) is -4.47. The molecule has 0 unspecified atom stereocenters. The van der Waals surface area contributed by atoms with Crippen LogP contribution in [0.5, 0.6) is 0 Å². The van der Waals surface area contributed by atoms with Gasteiger partial charge in [-0.15, -0.1) is 10.2 Å². The van der Waals surface area contributed by atoms with Gasteiger partial charge in [0.15, 0.2) is 11.6 Å². The highest BCUT2D eigenvalue weighted by molar-refractivity contribution is 5.94. The quantitative estimate of drug-likeness (QED) is 0.761. The van der Waals surface area contributed by atoms with E-state index in [2.05, 4.69) is 28.9 Å². The Balaban J connectivity index is 1.62. The molecule has 1 amide bonds. The molecule has 0 bridgehead atoms. The number of carbonyl (C=O) groups is 1. The SMILES string of the molecule is CCN(CC)c1ccc(N2CCN(C(=O)c3cccc(C(F)(F)F)c3)CC2)nn1. The van der Waals surface area contributed by atoms with Crippen LogP contribution in [0.4, 0.5) is 24.8 Å². The fraction of sp³-hybridized carbons (Fsp3) is 0.450. The molecule has 1 aromatic carbocycles. The molecule has 9 heteroatoms. The minimum Gasteiger partial charge on any atom is -0.356 e. The molecule has 0 saturated carbocycles. The molecule has 1 aromatic heterocycles. The zero-order chi connectivity index (χ0) is 21.0. The van der Waals surface area contributed by atoms with Gasteiger partial charge >= 0.3 is 6.18 Å². The molecule has 1 aliphatic rings. The van der Waals surface area contributed by atoms with Crippen LogP contribution in [0.15, 0.2) is 36.4 Å². The zero-order valence-corrected chi connectivity index (χ0v) is 16.5. The van der Waals surface area contributed by atoms with Crippen LogP contribution in [0.2, 0.25) is 0 Å². The van der Waals surface area contributed by atoms with Gasteiger partial charge < -0.3 is 14.7 Å². The summed E-state index contributed by atoms with van der Waals surface area (Å²) in [5, 5.41) is 8.57. The Hall–Kier alpha value is -2.84. The first kappa shape index (κ1) is 20.9. The van der Waals surface area contributed by atoms with Gasteiger partial charge in [0.2, 0.25) is 0 Å². The molecule has 0 spiro atoms. The minimum absolute atomic E-state index is 0.0524. The number of amides is 1. The number of benzene rings is 1. The Morgan fingerprint density at radius 2 is 1.72 bits per heavy atom. The van der Waals surface area contributed by atoms with Gasteiger partial charge in [0, 0.05) is 44.8 Å². The number of nitrogens with zero attached hydrogens (tertiary/aromatic N) is 5. The Labute approximate surface area is 167 Å². The van der Waals surface area contributed by atoms with E-state index in [1.807, 2.05) is 17.0 Å². The average molecular weight is 407 g/mol. The van der Waals surface area contributed by atoms with Crippen LogP contribution in [0.1, 0.15) is 29.8 Å². The number of piperazine rings is 1. The Morgan fingerprint density at radius 3 is 2.28 bits per heavy atom. The van der Waals surface area contributed by atoms with Crippen molar-refractivity contribution in [2.75, 3.05) is 49.1 Å². The normalized spacial score (nSPS) is 14.8. The van der Waals surface area contributed by atoms with Crippen molar-refractivity contribution in [1.29, 1.82) is 0 Å². The van der Waals surface area contributed by atoms with Crippen LogP contribution < -0.4 is 9.80 Å². The average Bonchev–Trinajstić information content (AvgIpc) is 2.74. The van der Waals surface area contributed by atoms with Crippen LogP contribution >= 0.6 is 0 Å². The first-order valence-electron chi connectivity index (χ1n) is 9.63. The van der Waals surface area contributed by atoms with Gasteiger partial charge in [0.05, 0.1) is 5.56 Å². The predicted octanol–water partition coefficient (Wildman–Crippen LogP) is 3.30. The molecule has 156 valence electrons. The van der Waals surface area contributed by atoms with Gasteiger partial charge in [-0.05, 0) is 44.2 Å². The van der Waals surface area contributed by atoms with Crippen molar-refractivity contribution < 1.29 is 18.0 Å². The van der Waals surface area contributed by atoms with Crippen LogP contribution in [0, 0.1) is 0 Å². The molecular weight excluding hydrogens is 383 g/mol. The fourth-order valence-electron chi connectivity index (χ4n) is 3.35. The second-order valence-electron chi connectivity index (χ2n) is 6.78. The molecule has 3 rings (SSSR count). The smallest absolute Gasteiger partial charge is 0.356 e. The van der Waals surface area contributed by atoms with E-state index >= 15 is 0 Å². The minimum atomic E-state index is -4.47. The van der Waals surface area contributed by atoms with E-state index in [0.717, 1.165) is 36.9 Å². The Morgan fingerprint density at radius 1 is 1.03 bits per heavy atom. The summed E-state index contributed by atoms with van der Waals surface area (Å²) in [6, 6.07) is 8.39. The molecule has 1 saturated heterocycles. The van der Waals surface area contributed by atoms with E-state index in [4.69, 9.17) is 0 Å². The van der Waals surface area contributed by atoms with Crippen molar-refractivity contribution in [3.05, 3.63) is 47.5 Å². The monoisotopic (exact) mass is 407 g/mol.